The maximum atomic E-state index is 13.6. The van der Waals surface area contributed by atoms with Crippen LogP contribution in [0.4, 0.5) is 5.13 Å². The molecular formula is C32H23ClN2O5S. The molecule has 1 aliphatic heterocycles. The normalized spacial score (nSPS) is 16.3. The van der Waals surface area contributed by atoms with Crippen molar-refractivity contribution >= 4 is 55.7 Å². The van der Waals surface area contributed by atoms with E-state index in [-0.39, 0.29) is 11.3 Å². The van der Waals surface area contributed by atoms with Crippen LogP contribution in [0.1, 0.15) is 24.1 Å². The van der Waals surface area contributed by atoms with Crippen LogP contribution in [0.25, 0.3) is 16.0 Å². The first-order valence-electron chi connectivity index (χ1n) is 12.9. The number of fused-ring (bicyclic) bond motifs is 1. The largest absolute Gasteiger partial charge is 0.507 e. The minimum Gasteiger partial charge on any atom is -0.507 e. The Morgan fingerprint density at radius 2 is 1.68 bits per heavy atom. The van der Waals surface area contributed by atoms with Gasteiger partial charge in [0, 0.05) is 10.6 Å². The van der Waals surface area contributed by atoms with Gasteiger partial charge in [-0.3, -0.25) is 14.5 Å². The number of ketones is 1. The first-order chi connectivity index (χ1) is 19.9. The first kappa shape index (κ1) is 26.6. The molecule has 1 aromatic heterocycles. The molecule has 2 heterocycles. The van der Waals surface area contributed by atoms with Crippen molar-refractivity contribution in [3.8, 4) is 17.2 Å². The lowest BCUT2D eigenvalue weighted by atomic mass is 9.95. The van der Waals surface area contributed by atoms with Crippen LogP contribution in [0.3, 0.4) is 0 Å². The molecule has 0 saturated carbocycles. The molecule has 7 nitrogen and oxygen atoms in total. The number of thiazole rings is 1. The van der Waals surface area contributed by atoms with Crippen LogP contribution in [-0.4, -0.2) is 28.4 Å². The number of para-hydroxylation sites is 1. The van der Waals surface area contributed by atoms with Gasteiger partial charge in [0.2, 0.25) is 0 Å². The fraction of sp³-hybridized carbons (Fsp3) is 0.0938. The van der Waals surface area contributed by atoms with Crippen molar-refractivity contribution in [3.05, 3.63) is 119 Å². The van der Waals surface area contributed by atoms with Gasteiger partial charge in [0.25, 0.3) is 5.78 Å². The number of hydrogen-bond donors (Lipinski definition) is 1. The Balaban J connectivity index is 1.50. The van der Waals surface area contributed by atoms with E-state index < -0.39 is 17.7 Å². The SMILES string of the molecule is CCOc1ccc2nc(N3C(=O)C(=O)/C(=C(/O)c4ccc(Cl)cc4)C3c3cccc(Oc4ccccc4)c3)sc2c1. The summed E-state index contributed by atoms with van der Waals surface area (Å²) in [7, 11) is 0. The smallest absolute Gasteiger partial charge is 0.301 e. The van der Waals surface area contributed by atoms with E-state index in [2.05, 4.69) is 4.98 Å². The number of rotatable bonds is 7. The molecule has 9 heteroatoms. The van der Waals surface area contributed by atoms with Gasteiger partial charge in [-0.05, 0) is 79.2 Å². The van der Waals surface area contributed by atoms with Gasteiger partial charge in [-0.15, -0.1) is 0 Å². The van der Waals surface area contributed by atoms with Gasteiger partial charge in [0.05, 0.1) is 28.4 Å². The Morgan fingerprint density at radius 3 is 2.44 bits per heavy atom. The number of halogens is 1. The third kappa shape index (κ3) is 5.15. The molecule has 5 aromatic rings. The summed E-state index contributed by atoms with van der Waals surface area (Å²) in [6.45, 7) is 2.41. The van der Waals surface area contributed by atoms with Gasteiger partial charge in [-0.1, -0.05) is 53.3 Å². The fourth-order valence-corrected chi connectivity index (χ4v) is 5.88. The molecule has 0 radical (unpaired) electrons. The zero-order chi connectivity index (χ0) is 28.5. The molecule has 1 saturated heterocycles. The third-order valence-corrected chi connectivity index (χ3v) is 7.85. The molecule has 41 heavy (non-hydrogen) atoms. The summed E-state index contributed by atoms with van der Waals surface area (Å²) < 4.78 is 12.5. The van der Waals surface area contributed by atoms with E-state index in [0.29, 0.717) is 50.7 Å². The summed E-state index contributed by atoms with van der Waals surface area (Å²) in [6.07, 6.45) is 0. The second kappa shape index (κ2) is 11.1. The number of hydrogen-bond acceptors (Lipinski definition) is 7. The maximum Gasteiger partial charge on any atom is 0.301 e. The number of aliphatic hydroxyl groups is 1. The number of aromatic nitrogens is 1. The summed E-state index contributed by atoms with van der Waals surface area (Å²) in [5.41, 5.74) is 1.54. The monoisotopic (exact) mass is 582 g/mol. The average Bonchev–Trinajstić information content (AvgIpc) is 3.51. The predicted molar refractivity (Wildman–Crippen MR) is 160 cm³/mol. The molecule has 1 aliphatic rings. The third-order valence-electron chi connectivity index (χ3n) is 6.58. The Bertz CT molecular complexity index is 1800. The number of carbonyl (C=O) groups is 2. The summed E-state index contributed by atoms with van der Waals surface area (Å²) in [5, 5.41) is 12.2. The van der Waals surface area contributed by atoms with E-state index in [1.807, 2.05) is 55.5 Å². The molecule has 0 bridgehead atoms. The summed E-state index contributed by atoms with van der Waals surface area (Å²) in [5.74, 6) is -0.0772. The highest BCUT2D eigenvalue weighted by molar-refractivity contribution is 7.22. The number of nitrogens with zero attached hydrogens (tertiary/aromatic N) is 2. The van der Waals surface area contributed by atoms with Gasteiger partial charge >= 0.3 is 5.91 Å². The maximum absolute atomic E-state index is 13.6. The number of benzene rings is 4. The molecule has 0 aliphatic carbocycles. The van der Waals surface area contributed by atoms with Crippen LogP contribution in [0, 0.1) is 0 Å². The van der Waals surface area contributed by atoms with Crippen molar-refractivity contribution in [1.29, 1.82) is 0 Å². The lowest BCUT2D eigenvalue weighted by Crippen LogP contribution is -2.29. The zero-order valence-electron chi connectivity index (χ0n) is 21.8. The van der Waals surface area contributed by atoms with Gasteiger partial charge in [0.1, 0.15) is 23.0 Å². The number of ether oxygens (including phenoxy) is 2. The molecule has 4 aromatic carbocycles. The average molecular weight is 583 g/mol. The zero-order valence-corrected chi connectivity index (χ0v) is 23.4. The van der Waals surface area contributed by atoms with E-state index in [1.165, 1.54) is 16.2 Å². The number of aliphatic hydroxyl groups excluding tert-OH is 1. The minimum atomic E-state index is -0.961. The van der Waals surface area contributed by atoms with E-state index in [1.54, 1.807) is 48.5 Å². The van der Waals surface area contributed by atoms with Crippen LogP contribution >= 0.6 is 22.9 Å². The predicted octanol–water partition coefficient (Wildman–Crippen LogP) is 7.77. The van der Waals surface area contributed by atoms with E-state index in [9.17, 15) is 14.7 Å². The van der Waals surface area contributed by atoms with E-state index in [4.69, 9.17) is 21.1 Å². The van der Waals surface area contributed by atoms with E-state index >= 15 is 0 Å². The van der Waals surface area contributed by atoms with Crippen LogP contribution in [-0.2, 0) is 9.59 Å². The molecule has 0 spiro atoms. The van der Waals surface area contributed by atoms with Crippen molar-refractivity contribution in [2.24, 2.45) is 0 Å². The standard InChI is InChI=1S/C32H23ClN2O5S/c1-2-39-23-15-16-25-26(18-23)41-32(34-25)35-28(20-7-6-10-24(17-20)40-22-8-4-3-5-9-22)27(30(37)31(35)38)29(36)19-11-13-21(33)14-12-19/h3-18,28,36H,2H2,1H3/b29-27+. The van der Waals surface area contributed by atoms with Crippen molar-refractivity contribution in [1.82, 2.24) is 4.98 Å². The highest BCUT2D eigenvalue weighted by atomic mass is 35.5. The second-order valence-corrected chi connectivity index (χ2v) is 10.7. The Labute approximate surface area is 244 Å². The van der Waals surface area contributed by atoms with Crippen molar-refractivity contribution < 1.29 is 24.2 Å². The van der Waals surface area contributed by atoms with Crippen LogP contribution in [0.5, 0.6) is 17.2 Å². The lowest BCUT2D eigenvalue weighted by Gasteiger charge is -2.23. The summed E-state index contributed by atoms with van der Waals surface area (Å²) >= 11 is 7.32. The highest BCUT2D eigenvalue weighted by Gasteiger charge is 2.48. The number of amides is 1. The number of carbonyl (C=O) groups excluding carboxylic acids is 2. The second-order valence-electron chi connectivity index (χ2n) is 9.22. The van der Waals surface area contributed by atoms with Crippen molar-refractivity contribution in [2.75, 3.05) is 11.5 Å². The van der Waals surface area contributed by atoms with Crippen LogP contribution < -0.4 is 14.4 Å². The van der Waals surface area contributed by atoms with Gasteiger partial charge in [0.15, 0.2) is 5.13 Å². The van der Waals surface area contributed by atoms with Gasteiger partial charge in [-0.25, -0.2) is 4.98 Å². The molecule has 1 amide bonds. The molecule has 204 valence electrons. The van der Waals surface area contributed by atoms with E-state index in [0.717, 1.165) is 4.70 Å². The Hall–Kier alpha value is -4.66. The topological polar surface area (TPSA) is 89.0 Å². The van der Waals surface area contributed by atoms with Crippen LogP contribution in [0.15, 0.2) is 103 Å². The van der Waals surface area contributed by atoms with Crippen LogP contribution in [0.2, 0.25) is 5.02 Å². The lowest BCUT2D eigenvalue weighted by molar-refractivity contribution is -0.132. The molecule has 1 atom stereocenters. The van der Waals surface area contributed by atoms with Gasteiger partial charge in [-0.2, -0.15) is 0 Å². The van der Waals surface area contributed by atoms with Crippen molar-refractivity contribution in [3.63, 3.8) is 0 Å². The molecular weight excluding hydrogens is 560 g/mol. The highest BCUT2D eigenvalue weighted by Crippen LogP contribution is 2.45. The molecule has 1 unspecified atom stereocenters. The Morgan fingerprint density at radius 1 is 0.927 bits per heavy atom. The quantitative estimate of drug-likeness (QED) is 0.120. The number of anilines is 1. The minimum absolute atomic E-state index is 0.0524. The molecule has 1 N–H and O–H groups in total. The summed E-state index contributed by atoms with van der Waals surface area (Å²) in [4.78, 5) is 33.2. The fourth-order valence-electron chi connectivity index (χ4n) is 4.73. The molecule has 6 rings (SSSR count). The van der Waals surface area contributed by atoms with Crippen molar-refractivity contribution in [2.45, 2.75) is 13.0 Å². The molecule has 1 fully saturated rings. The Kier molecular flexibility index (Phi) is 7.17. The summed E-state index contributed by atoms with van der Waals surface area (Å²) in [6, 6.07) is 27.3. The van der Waals surface area contributed by atoms with Gasteiger partial charge < -0.3 is 14.6 Å². The number of Topliss-reactive ketones (excluding diaryl/α,β-unsaturated/α-hetero) is 1. The first-order valence-corrected chi connectivity index (χ1v) is 14.1.